The summed E-state index contributed by atoms with van der Waals surface area (Å²) in [6, 6.07) is -1.67. The summed E-state index contributed by atoms with van der Waals surface area (Å²) < 4.78 is 61.6. The van der Waals surface area contributed by atoms with E-state index in [4.69, 9.17) is 0 Å². The van der Waals surface area contributed by atoms with Gasteiger partial charge in [-0.05, 0) is 0 Å². The lowest BCUT2D eigenvalue weighted by Gasteiger charge is -2.34. The molecule has 0 saturated carbocycles. The standard InChI is InChI=1S/C8H10F5N3O2/c9-7(10)1-2-16(15-18)5(3-7)6(17)14-4-8(11,12)13/h5H,1-4H2,(H,14,17). The Morgan fingerprint density at radius 3 is 2.56 bits per heavy atom. The molecule has 1 aliphatic rings. The topological polar surface area (TPSA) is 61.8 Å². The third-order valence-corrected chi connectivity index (χ3v) is 2.43. The van der Waals surface area contributed by atoms with Crippen LogP contribution in [0.5, 0.6) is 0 Å². The van der Waals surface area contributed by atoms with Gasteiger partial charge in [-0.1, -0.05) is 0 Å². The molecule has 1 aliphatic heterocycles. The average molecular weight is 275 g/mol. The van der Waals surface area contributed by atoms with E-state index in [0.717, 1.165) is 0 Å². The van der Waals surface area contributed by atoms with Crippen LogP contribution < -0.4 is 5.32 Å². The molecule has 1 amide bonds. The summed E-state index contributed by atoms with van der Waals surface area (Å²) in [5, 5.41) is 4.36. The SMILES string of the molecule is O=NN1CCC(F)(F)CC1C(=O)NCC(F)(F)F. The van der Waals surface area contributed by atoms with Crippen LogP contribution in [0.3, 0.4) is 0 Å². The van der Waals surface area contributed by atoms with Crippen molar-refractivity contribution < 1.29 is 26.7 Å². The normalized spacial score (nSPS) is 23.6. The first-order chi connectivity index (χ1) is 8.14. The van der Waals surface area contributed by atoms with Gasteiger partial charge in [-0.15, -0.1) is 4.91 Å². The molecular weight excluding hydrogens is 265 g/mol. The Morgan fingerprint density at radius 1 is 1.44 bits per heavy atom. The molecule has 0 aliphatic carbocycles. The van der Waals surface area contributed by atoms with Crippen molar-refractivity contribution in [2.45, 2.75) is 31.0 Å². The molecule has 1 heterocycles. The van der Waals surface area contributed by atoms with Crippen molar-refractivity contribution in [2.24, 2.45) is 5.29 Å². The molecule has 1 N–H and O–H groups in total. The van der Waals surface area contributed by atoms with E-state index in [2.05, 4.69) is 5.29 Å². The number of alkyl halides is 5. The Kier molecular flexibility index (Phi) is 4.07. The zero-order chi connectivity index (χ0) is 14.0. The van der Waals surface area contributed by atoms with Crippen molar-refractivity contribution in [3.63, 3.8) is 0 Å². The number of hydrogen-bond donors (Lipinski definition) is 1. The predicted molar refractivity (Wildman–Crippen MR) is 49.5 cm³/mol. The van der Waals surface area contributed by atoms with Crippen molar-refractivity contribution in [3.05, 3.63) is 4.91 Å². The maximum Gasteiger partial charge on any atom is 0.405 e. The van der Waals surface area contributed by atoms with Crippen LogP contribution in [0, 0.1) is 4.91 Å². The second kappa shape index (κ2) is 5.02. The number of piperidine rings is 1. The number of rotatable bonds is 3. The molecule has 104 valence electrons. The molecule has 1 atom stereocenters. The van der Waals surface area contributed by atoms with Gasteiger partial charge < -0.3 is 5.32 Å². The molecule has 5 nitrogen and oxygen atoms in total. The van der Waals surface area contributed by atoms with Gasteiger partial charge in [0.25, 0.3) is 5.92 Å². The lowest BCUT2D eigenvalue weighted by Crippen LogP contribution is -2.53. The van der Waals surface area contributed by atoms with E-state index in [0.29, 0.717) is 5.01 Å². The number of halogens is 5. The lowest BCUT2D eigenvalue weighted by atomic mass is 9.99. The largest absolute Gasteiger partial charge is 0.405 e. The summed E-state index contributed by atoms with van der Waals surface area (Å²) in [5.41, 5.74) is 0. The van der Waals surface area contributed by atoms with E-state index in [-0.39, 0.29) is 0 Å². The zero-order valence-corrected chi connectivity index (χ0v) is 9.01. The number of carbonyl (C=O) groups is 1. The summed E-state index contributed by atoms with van der Waals surface area (Å²) in [6.07, 6.45) is -6.34. The molecule has 0 spiro atoms. The molecule has 1 saturated heterocycles. The highest BCUT2D eigenvalue weighted by molar-refractivity contribution is 5.82. The number of nitrogens with one attached hydrogen (secondary N) is 1. The fraction of sp³-hybridized carbons (Fsp3) is 0.875. The number of carbonyl (C=O) groups excluding carboxylic acids is 1. The summed E-state index contributed by atoms with van der Waals surface area (Å²) in [7, 11) is 0. The Bertz CT molecular complexity index is 333. The van der Waals surface area contributed by atoms with E-state index in [9.17, 15) is 31.7 Å². The smallest absolute Gasteiger partial charge is 0.345 e. The van der Waals surface area contributed by atoms with E-state index >= 15 is 0 Å². The zero-order valence-electron chi connectivity index (χ0n) is 9.01. The first-order valence-corrected chi connectivity index (χ1v) is 4.97. The summed E-state index contributed by atoms with van der Waals surface area (Å²) >= 11 is 0. The van der Waals surface area contributed by atoms with Crippen molar-refractivity contribution in [1.29, 1.82) is 0 Å². The van der Waals surface area contributed by atoms with Gasteiger partial charge in [0.05, 0.1) is 5.29 Å². The van der Waals surface area contributed by atoms with Gasteiger partial charge in [-0.2, -0.15) is 13.2 Å². The molecule has 1 fully saturated rings. The highest BCUT2D eigenvalue weighted by Crippen LogP contribution is 2.32. The quantitative estimate of drug-likeness (QED) is 0.626. The molecule has 1 rings (SSSR count). The third-order valence-electron chi connectivity index (χ3n) is 2.43. The van der Waals surface area contributed by atoms with Crippen molar-refractivity contribution >= 4 is 5.91 Å². The van der Waals surface area contributed by atoms with Crippen molar-refractivity contribution in [2.75, 3.05) is 13.1 Å². The third kappa shape index (κ3) is 4.08. The van der Waals surface area contributed by atoms with Crippen LogP contribution in [0.25, 0.3) is 0 Å². The van der Waals surface area contributed by atoms with Crippen LogP contribution in [0.4, 0.5) is 22.0 Å². The van der Waals surface area contributed by atoms with Gasteiger partial charge in [0.15, 0.2) is 0 Å². The second-order valence-corrected chi connectivity index (χ2v) is 3.90. The number of amides is 1. The Morgan fingerprint density at radius 2 is 2.06 bits per heavy atom. The Balaban J connectivity index is 2.65. The molecular formula is C8H10F5N3O2. The molecule has 0 aromatic heterocycles. The minimum atomic E-state index is -4.65. The van der Waals surface area contributed by atoms with E-state index in [1.807, 2.05) is 0 Å². The summed E-state index contributed by atoms with van der Waals surface area (Å²) in [4.78, 5) is 21.6. The molecule has 10 heteroatoms. The van der Waals surface area contributed by atoms with Gasteiger partial charge in [-0.25, -0.2) is 13.8 Å². The molecule has 1 unspecified atom stereocenters. The van der Waals surface area contributed by atoms with Crippen LogP contribution in [-0.2, 0) is 4.79 Å². The van der Waals surface area contributed by atoms with Crippen LogP contribution in [-0.4, -0.2) is 42.1 Å². The van der Waals surface area contributed by atoms with Crippen LogP contribution in [0.1, 0.15) is 12.8 Å². The van der Waals surface area contributed by atoms with E-state index in [1.54, 1.807) is 0 Å². The van der Waals surface area contributed by atoms with Gasteiger partial charge in [0.2, 0.25) is 5.91 Å². The predicted octanol–water partition coefficient (Wildman–Crippen LogP) is 1.45. The van der Waals surface area contributed by atoms with Crippen molar-refractivity contribution in [3.8, 4) is 0 Å². The minimum absolute atomic E-state index is 0.472. The second-order valence-electron chi connectivity index (χ2n) is 3.90. The summed E-state index contributed by atoms with van der Waals surface area (Å²) in [6.45, 7) is -2.11. The highest BCUT2D eigenvalue weighted by Gasteiger charge is 2.44. The number of nitrogens with zero attached hydrogens (tertiary/aromatic N) is 2. The van der Waals surface area contributed by atoms with Crippen molar-refractivity contribution in [1.82, 2.24) is 10.3 Å². The van der Waals surface area contributed by atoms with Crippen LogP contribution in [0.15, 0.2) is 5.29 Å². The van der Waals surface area contributed by atoms with Gasteiger partial charge >= 0.3 is 6.18 Å². The maximum absolute atomic E-state index is 13.0. The van der Waals surface area contributed by atoms with Crippen LogP contribution >= 0.6 is 0 Å². The number of nitroso groups, excluding NO2 is 1. The van der Waals surface area contributed by atoms with Crippen LogP contribution in [0.2, 0.25) is 0 Å². The Labute approximate surface area is 98.3 Å². The van der Waals surface area contributed by atoms with Gasteiger partial charge in [0.1, 0.15) is 12.6 Å². The molecule has 0 bridgehead atoms. The fourth-order valence-electron chi connectivity index (χ4n) is 1.56. The fourth-order valence-corrected chi connectivity index (χ4v) is 1.56. The first-order valence-electron chi connectivity index (χ1n) is 4.97. The molecule has 18 heavy (non-hydrogen) atoms. The molecule has 0 aromatic carbocycles. The van der Waals surface area contributed by atoms with Gasteiger partial charge in [0, 0.05) is 19.4 Å². The van der Waals surface area contributed by atoms with E-state index < -0.39 is 50.0 Å². The van der Waals surface area contributed by atoms with Gasteiger partial charge in [-0.3, -0.25) is 4.79 Å². The molecule has 0 radical (unpaired) electrons. The number of hydrogen-bond acceptors (Lipinski definition) is 3. The minimum Gasteiger partial charge on any atom is -0.345 e. The maximum atomic E-state index is 13.0. The van der Waals surface area contributed by atoms with E-state index in [1.165, 1.54) is 5.32 Å². The highest BCUT2D eigenvalue weighted by atomic mass is 19.4. The monoisotopic (exact) mass is 275 g/mol. The average Bonchev–Trinajstić information content (AvgIpc) is 2.24. The summed E-state index contributed by atoms with van der Waals surface area (Å²) in [5.74, 6) is -4.48. The first kappa shape index (κ1) is 14.6. The molecule has 0 aromatic rings. The Hall–Kier alpha value is -1.48. The lowest BCUT2D eigenvalue weighted by molar-refractivity contribution is -0.148.